The molecule has 0 fully saturated rings. The Balaban J connectivity index is 1.57. The molecule has 5 heteroatoms. The molecule has 6 rings (SSSR count). The molecule has 0 saturated carbocycles. The fourth-order valence-electron chi connectivity index (χ4n) is 6.25. The zero-order valence-electron chi connectivity index (χ0n) is 26.3. The summed E-state index contributed by atoms with van der Waals surface area (Å²) in [5.74, 6) is 1.79. The lowest BCUT2D eigenvalue weighted by molar-refractivity contribution is 0.389. The predicted octanol–water partition coefficient (Wildman–Crippen LogP) is 8.36. The summed E-state index contributed by atoms with van der Waals surface area (Å²) in [5, 5.41) is 3.77. The van der Waals surface area contributed by atoms with Crippen LogP contribution in [0, 0.1) is 0 Å². The van der Waals surface area contributed by atoms with Crippen molar-refractivity contribution >= 4 is 34.8 Å². The molecule has 1 aliphatic rings. The summed E-state index contributed by atoms with van der Waals surface area (Å²) >= 11 is 0. The van der Waals surface area contributed by atoms with Gasteiger partial charge in [-0.05, 0) is 44.9 Å². The third-order valence-corrected chi connectivity index (χ3v) is 12.7. The number of ether oxygens (including phenoxy) is 1. The van der Waals surface area contributed by atoms with Crippen molar-refractivity contribution in [2.24, 2.45) is 0 Å². The van der Waals surface area contributed by atoms with Gasteiger partial charge in [-0.3, -0.25) is 0 Å². The average Bonchev–Trinajstić information content (AvgIpc) is 3.03. The Bertz CT molecular complexity index is 1740. The van der Waals surface area contributed by atoms with Gasteiger partial charge < -0.3 is 4.74 Å². The summed E-state index contributed by atoms with van der Waals surface area (Å²) in [7, 11) is -0.173. The lowest BCUT2D eigenvalue weighted by Crippen LogP contribution is -2.38. The summed E-state index contributed by atoms with van der Waals surface area (Å²) in [4.78, 5) is 0. The molecule has 2 atom stereocenters. The van der Waals surface area contributed by atoms with Crippen LogP contribution < -0.4 is 20.7 Å². The Morgan fingerprint density at radius 1 is 0.682 bits per heavy atom. The molecule has 0 aromatic heterocycles. The third-order valence-electron chi connectivity index (χ3n) is 8.42. The van der Waals surface area contributed by atoms with Gasteiger partial charge >= 0.3 is 0 Å². The Morgan fingerprint density at radius 2 is 1.18 bits per heavy atom. The van der Waals surface area contributed by atoms with Crippen molar-refractivity contribution in [3.63, 3.8) is 0 Å². The Hall–Kier alpha value is -3.56. The molecule has 5 aromatic rings. The molecule has 0 aliphatic carbocycles. The van der Waals surface area contributed by atoms with Gasteiger partial charge in [0.15, 0.2) is 0 Å². The maximum absolute atomic E-state index is 13.9. The smallest absolute Gasteiger partial charge is 0.139 e. The van der Waals surface area contributed by atoms with Crippen LogP contribution in [-0.4, -0.2) is 20.3 Å². The lowest BCUT2D eigenvalue weighted by atomic mass is 9.74. The third kappa shape index (κ3) is 5.56. The zero-order chi connectivity index (χ0) is 31.1. The molecule has 0 saturated heterocycles. The molecule has 0 bridgehead atoms. The van der Waals surface area contributed by atoms with Crippen molar-refractivity contribution in [1.82, 2.24) is 4.31 Å². The minimum absolute atomic E-state index is 0.263. The van der Waals surface area contributed by atoms with Gasteiger partial charge in [-0.15, -0.1) is 0 Å². The number of benzene rings is 5. The van der Waals surface area contributed by atoms with E-state index in [1.54, 1.807) is 0 Å². The highest BCUT2D eigenvalue weighted by atomic mass is 32.2. The van der Waals surface area contributed by atoms with Crippen LogP contribution in [0.2, 0.25) is 0 Å². The Morgan fingerprint density at radius 3 is 1.73 bits per heavy atom. The number of nitrogens with zero attached hydrogens (tertiary/aromatic N) is 1. The Labute approximate surface area is 266 Å². The van der Waals surface area contributed by atoms with E-state index in [2.05, 4.69) is 135 Å². The number of fused-ring (bicyclic) bond motifs is 2. The number of rotatable bonds is 7. The topological polar surface area (TPSA) is 29.5 Å². The highest BCUT2D eigenvalue weighted by Crippen LogP contribution is 2.53. The summed E-state index contributed by atoms with van der Waals surface area (Å²) in [6.45, 7) is 10.7. The second-order valence-electron chi connectivity index (χ2n) is 12.8. The molecule has 0 radical (unpaired) electrons. The molecular formula is C39H40NO2PS. The van der Waals surface area contributed by atoms with Gasteiger partial charge in [0.25, 0.3) is 0 Å². The van der Waals surface area contributed by atoms with Gasteiger partial charge in [0.05, 0.1) is 10.8 Å². The first-order chi connectivity index (χ1) is 21.1. The van der Waals surface area contributed by atoms with Crippen LogP contribution in [-0.2, 0) is 16.4 Å². The van der Waals surface area contributed by atoms with Crippen LogP contribution in [0.5, 0.6) is 11.5 Å². The van der Waals surface area contributed by atoms with Gasteiger partial charge in [-0.2, -0.15) is 0 Å². The molecule has 3 nitrogen and oxygen atoms in total. The van der Waals surface area contributed by atoms with Crippen molar-refractivity contribution in [2.45, 2.75) is 50.8 Å². The maximum atomic E-state index is 13.9. The van der Waals surface area contributed by atoms with E-state index in [1.165, 1.54) is 21.5 Å². The molecule has 0 spiro atoms. The number of hydrogen-bond donors (Lipinski definition) is 0. The zero-order valence-corrected chi connectivity index (χ0v) is 28.0. The van der Waals surface area contributed by atoms with Crippen molar-refractivity contribution in [3.8, 4) is 11.5 Å². The SMILES string of the molecule is CN(C(c1ccccc1)c1cccc2c1Oc1c(P(c3ccccc3)c3ccccc3)cccc1C2(C)C)S(=O)C(C)(C)C. The molecule has 5 aromatic carbocycles. The number of hydrogen-bond acceptors (Lipinski definition) is 2. The largest absolute Gasteiger partial charge is 0.456 e. The second kappa shape index (κ2) is 12.1. The molecule has 2 unspecified atom stereocenters. The summed E-state index contributed by atoms with van der Waals surface area (Å²) in [6.07, 6.45) is 0. The first-order valence-corrected chi connectivity index (χ1v) is 17.6. The first kappa shape index (κ1) is 30.5. The number of para-hydroxylation sites is 2. The molecule has 0 N–H and O–H groups in total. The van der Waals surface area contributed by atoms with E-state index in [0.29, 0.717) is 0 Å². The molecule has 224 valence electrons. The molecule has 1 aliphatic heterocycles. The van der Waals surface area contributed by atoms with E-state index in [1.807, 2.05) is 38.2 Å². The van der Waals surface area contributed by atoms with Crippen molar-refractivity contribution in [3.05, 3.63) is 150 Å². The van der Waals surface area contributed by atoms with Gasteiger partial charge in [0, 0.05) is 34.5 Å². The van der Waals surface area contributed by atoms with E-state index in [0.717, 1.165) is 28.2 Å². The van der Waals surface area contributed by atoms with Crippen molar-refractivity contribution < 1.29 is 8.95 Å². The Kier molecular flexibility index (Phi) is 8.37. The summed E-state index contributed by atoms with van der Waals surface area (Å²) < 4.78 is 22.7. The van der Waals surface area contributed by atoms with Crippen molar-refractivity contribution in [1.29, 1.82) is 0 Å². The van der Waals surface area contributed by atoms with Crippen LogP contribution in [0.4, 0.5) is 0 Å². The monoisotopic (exact) mass is 617 g/mol. The van der Waals surface area contributed by atoms with E-state index in [4.69, 9.17) is 4.74 Å². The van der Waals surface area contributed by atoms with E-state index >= 15 is 0 Å². The average molecular weight is 618 g/mol. The normalized spacial score (nSPS) is 15.3. The summed E-state index contributed by atoms with van der Waals surface area (Å²) in [6, 6.07) is 44.8. The van der Waals surface area contributed by atoms with Crippen molar-refractivity contribution in [2.75, 3.05) is 7.05 Å². The second-order valence-corrected chi connectivity index (χ2v) is 17.3. The van der Waals surface area contributed by atoms with Crippen LogP contribution in [0.3, 0.4) is 0 Å². The van der Waals surface area contributed by atoms with E-state index in [-0.39, 0.29) is 11.5 Å². The highest BCUT2D eigenvalue weighted by molar-refractivity contribution is 7.84. The van der Waals surface area contributed by atoms with Crippen LogP contribution in [0.25, 0.3) is 0 Å². The maximum Gasteiger partial charge on any atom is 0.139 e. The van der Waals surface area contributed by atoms with Gasteiger partial charge in [0.2, 0.25) is 0 Å². The van der Waals surface area contributed by atoms with Gasteiger partial charge in [-0.1, -0.05) is 141 Å². The molecule has 0 amide bonds. The highest BCUT2D eigenvalue weighted by Gasteiger charge is 2.40. The van der Waals surface area contributed by atoms with Crippen LogP contribution in [0.1, 0.15) is 62.9 Å². The van der Waals surface area contributed by atoms with Crippen LogP contribution in [0.15, 0.2) is 127 Å². The van der Waals surface area contributed by atoms with E-state index < -0.39 is 23.7 Å². The van der Waals surface area contributed by atoms with E-state index in [9.17, 15) is 4.21 Å². The molecule has 44 heavy (non-hydrogen) atoms. The molecular weight excluding hydrogens is 577 g/mol. The standard InChI is InChI=1S/C39H40NO2PS/c1-38(2,3)44(41)40(6)35(28-18-10-7-11-19-28)31-24-16-25-32-36(31)42-37-33(39(32,4)5)26-17-27-34(37)43(29-20-12-8-13-21-29)30-22-14-9-15-23-30/h7-27,35H,1-6H3. The van der Waals surface area contributed by atoms with Crippen LogP contribution >= 0.6 is 7.92 Å². The first-order valence-electron chi connectivity index (χ1n) is 15.1. The lowest BCUT2D eigenvalue weighted by Gasteiger charge is -2.40. The minimum Gasteiger partial charge on any atom is -0.456 e. The summed E-state index contributed by atoms with van der Waals surface area (Å²) in [5.41, 5.74) is 4.11. The minimum atomic E-state index is -1.26. The van der Waals surface area contributed by atoms with Gasteiger partial charge in [-0.25, -0.2) is 8.51 Å². The fraction of sp³-hybridized carbons (Fsp3) is 0.231. The quantitative estimate of drug-likeness (QED) is 0.172. The fourth-order valence-corrected chi connectivity index (χ4v) is 9.94. The van der Waals surface area contributed by atoms with Gasteiger partial charge in [0.1, 0.15) is 22.5 Å². The molecule has 1 heterocycles. The predicted molar refractivity (Wildman–Crippen MR) is 188 cm³/mol.